The number of thiazole rings is 1. The lowest BCUT2D eigenvalue weighted by atomic mass is 10.2. The fourth-order valence-electron chi connectivity index (χ4n) is 3.53. The van der Waals surface area contributed by atoms with Gasteiger partial charge in [0.05, 0.1) is 22.5 Å². The summed E-state index contributed by atoms with van der Waals surface area (Å²) in [6, 6.07) is 12.5. The summed E-state index contributed by atoms with van der Waals surface area (Å²) in [5.41, 5.74) is 2.22. The Kier molecular flexibility index (Phi) is 3.99. The van der Waals surface area contributed by atoms with Crippen LogP contribution in [0.15, 0.2) is 59.5 Å². The first-order valence-electron chi connectivity index (χ1n) is 8.81. The van der Waals surface area contributed by atoms with E-state index in [1.54, 1.807) is 6.26 Å². The first-order valence-corrected chi connectivity index (χ1v) is 9.63. The number of para-hydroxylation sites is 1. The van der Waals surface area contributed by atoms with E-state index in [4.69, 9.17) is 9.40 Å². The van der Waals surface area contributed by atoms with Crippen molar-refractivity contribution in [1.82, 2.24) is 19.9 Å². The highest BCUT2D eigenvalue weighted by molar-refractivity contribution is 7.18. The molecule has 6 heteroatoms. The Bertz CT molecular complexity index is 977. The second-order valence-corrected chi connectivity index (χ2v) is 7.60. The number of fused-ring (bicyclic) bond motifs is 1. The van der Waals surface area contributed by atoms with Crippen LogP contribution >= 0.6 is 11.3 Å². The highest BCUT2D eigenvalue weighted by Gasteiger charge is 2.28. The molecule has 1 aliphatic heterocycles. The highest BCUT2D eigenvalue weighted by atomic mass is 32.1. The molecular weight excluding hydrogens is 344 g/mol. The molecule has 1 fully saturated rings. The molecular formula is C20H18N4OS. The molecule has 26 heavy (non-hydrogen) atoms. The van der Waals surface area contributed by atoms with Gasteiger partial charge < -0.3 is 4.42 Å². The smallest absolute Gasteiger partial charge is 0.195 e. The van der Waals surface area contributed by atoms with Gasteiger partial charge in [-0.15, -0.1) is 11.3 Å². The van der Waals surface area contributed by atoms with Gasteiger partial charge in [0.1, 0.15) is 5.01 Å². The fraction of sp³-hybridized carbons (Fsp3) is 0.250. The van der Waals surface area contributed by atoms with Crippen LogP contribution in [0.4, 0.5) is 0 Å². The minimum atomic E-state index is 0.386. The maximum atomic E-state index is 5.35. The topological polar surface area (TPSA) is 55.1 Å². The Morgan fingerprint density at radius 3 is 2.81 bits per heavy atom. The summed E-state index contributed by atoms with van der Waals surface area (Å²) in [5.74, 6) is 1.33. The summed E-state index contributed by atoms with van der Waals surface area (Å²) in [5, 5.41) is 1.22. The molecule has 0 aliphatic carbocycles. The number of hydrogen-bond donors (Lipinski definition) is 0. The number of rotatable bonds is 4. The van der Waals surface area contributed by atoms with E-state index in [2.05, 4.69) is 39.1 Å². The third kappa shape index (κ3) is 2.91. The summed E-state index contributed by atoms with van der Waals surface area (Å²) < 4.78 is 6.62. The summed E-state index contributed by atoms with van der Waals surface area (Å²) in [7, 11) is 0. The fourth-order valence-corrected chi connectivity index (χ4v) is 4.67. The van der Waals surface area contributed by atoms with Crippen LogP contribution in [0, 0.1) is 0 Å². The highest BCUT2D eigenvalue weighted by Crippen LogP contribution is 2.37. The van der Waals surface area contributed by atoms with Crippen molar-refractivity contribution < 1.29 is 4.42 Å². The Morgan fingerprint density at radius 2 is 2.00 bits per heavy atom. The van der Waals surface area contributed by atoms with Crippen LogP contribution in [0.5, 0.6) is 0 Å². The zero-order valence-corrected chi connectivity index (χ0v) is 15.0. The molecule has 5 nitrogen and oxygen atoms in total. The molecule has 0 spiro atoms. The van der Waals surface area contributed by atoms with Crippen LogP contribution in [0.25, 0.3) is 21.8 Å². The van der Waals surface area contributed by atoms with E-state index in [9.17, 15) is 0 Å². The van der Waals surface area contributed by atoms with Crippen LogP contribution in [-0.4, -0.2) is 26.4 Å². The molecule has 3 aromatic heterocycles. The molecule has 4 heterocycles. The van der Waals surface area contributed by atoms with E-state index in [0.29, 0.717) is 17.6 Å². The maximum Gasteiger partial charge on any atom is 0.195 e. The van der Waals surface area contributed by atoms with Crippen molar-refractivity contribution in [2.75, 3.05) is 6.54 Å². The van der Waals surface area contributed by atoms with Crippen molar-refractivity contribution in [3.05, 3.63) is 65.6 Å². The van der Waals surface area contributed by atoms with Crippen molar-refractivity contribution in [1.29, 1.82) is 0 Å². The summed E-state index contributed by atoms with van der Waals surface area (Å²) in [6.45, 7) is 1.93. The van der Waals surface area contributed by atoms with Crippen molar-refractivity contribution in [2.24, 2.45) is 0 Å². The van der Waals surface area contributed by atoms with E-state index >= 15 is 0 Å². The Balaban J connectivity index is 1.36. The first-order chi connectivity index (χ1) is 12.9. The predicted molar refractivity (Wildman–Crippen MR) is 102 cm³/mol. The summed E-state index contributed by atoms with van der Waals surface area (Å²) in [4.78, 5) is 16.3. The van der Waals surface area contributed by atoms with Crippen LogP contribution in [0.3, 0.4) is 0 Å². The number of furan rings is 1. The van der Waals surface area contributed by atoms with E-state index < -0.39 is 0 Å². The molecule has 1 saturated heterocycles. The van der Waals surface area contributed by atoms with Gasteiger partial charge in [-0.2, -0.15) is 0 Å². The molecule has 0 amide bonds. The average Bonchev–Trinajstić information content (AvgIpc) is 3.42. The Labute approximate surface area is 155 Å². The Morgan fingerprint density at radius 1 is 1.12 bits per heavy atom. The first kappa shape index (κ1) is 15.7. The van der Waals surface area contributed by atoms with Gasteiger partial charge in [0, 0.05) is 24.5 Å². The van der Waals surface area contributed by atoms with Crippen molar-refractivity contribution >= 4 is 21.6 Å². The van der Waals surface area contributed by atoms with Crippen LogP contribution in [0.1, 0.15) is 29.5 Å². The third-order valence-electron chi connectivity index (χ3n) is 4.79. The van der Waals surface area contributed by atoms with Crippen LogP contribution < -0.4 is 0 Å². The minimum absolute atomic E-state index is 0.386. The normalized spacial score (nSPS) is 17.9. The SMILES string of the molecule is c1coc(-c2ncc(CN3CCCC3c3nc4ccccc4s3)cn2)c1. The second-order valence-electron chi connectivity index (χ2n) is 6.54. The zero-order chi connectivity index (χ0) is 17.3. The van der Waals surface area contributed by atoms with Gasteiger partial charge >= 0.3 is 0 Å². The Hall–Kier alpha value is -2.57. The molecule has 130 valence electrons. The molecule has 5 rings (SSSR count). The summed E-state index contributed by atoms with van der Waals surface area (Å²) >= 11 is 1.81. The van der Waals surface area contributed by atoms with Crippen molar-refractivity contribution in [2.45, 2.75) is 25.4 Å². The zero-order valence-electron chi connectivity index (χ0n) is 14.2. The quantitative estimate of drug-likeness (QED) is 0.527. The molecule has 4 aromatic rings. The van der Waals surface area contributed by atoms with Gasteiger partial charge in [0.2, 0.25) is 0 Å². The van der Waals surface area contributed by atoms with E-state index in [1.165, 1.54) is 16.1 Å². The monoisotopic (exact) mass is 362 g/mol. The minimum Gasteiger partial charge on any atom is -0.461 e. The molecule has 1 atom stereocenters. The molecule has 1 aromatic carbocycles. The molecule has 1 aliphatic rings. The molecule has 0 saturated carbocycles. The van der Waals surface area contributed by atoms with Crippen LogP contribution in [0.2, 0.25) is 0 Å². The lowest BCUT2D eigenvalue weighted by molar-refractivity contribution is 0.247. The summed E-state index contributed by atoms with van der Waals surface area (Å²) in [6.07, 6.45) is 7.80. The lowest BCUT2D eigenvalue weighted by Gasteiger charge is -2.22. The van der Waals surface area contributed by atoms with Gasteiger partial charge in [-0.25, -0.2) is 15.0 Å². The second kappa shape index (κ2) is 6.63. The molecule has 0 radical (unpaired) electrons. The maximum absolute atomic E-state index is 5.35. The van der Waals surface area contributed by atoms with Gasteiger partial charge in [-0.05, 0) is 43.7 Å². The van der Waals surface area contributed by atoms with Crippen molar-refractivity contribution in [3.8, 4) is 11.6 Å². The number of nitrogens with zero attached hydrogens (tertiary/aromatic N) is 4. The van der Waals surface area contributed by atoms with Gasteiger partial charge in [-0.3, -0.25) is 4.90 Å². The van der Waals surface area contributed by atoms with Gasteiger partial charge in [0.25, 0.3) is 0 Å². The van der Waals surface area contributed by atoms with E-state index in [-0.39, 0.29) is 0 Å². The number of hydrogen-bond acceptors (Lipinski definition) is 6. The third-order valence-corrected chi connectivity index (χ3v) is 5.93. The molecule has 1 unspecified atom stereocenters. The van der Waals surface area contributed by atoms with E-state index in [0.717, 1.165) is 30.6 Å². The van der Waals surface area contributed by atoms with Gasteiger partial charge in [-0.1, -0.05) is 12.1 Å². The standard InChI is InChI=1S/C20H18N4OS/c1-2-8-18-15(5-1)23-20(26-18)16-6-3-9-24(16)13-14-11-21-19(22-12-14)17-7-4-10-25-17/h1-2,4-5,7-8,10-12,16H,3,6,9,13H2. The van der Waals surface area contributed by atoms with Gasteiger partial charge in [0.15, 0.2) is 11.6 Å². The lowest BCUT2D eigenvalue weighted by Crippen LogP contribution is -2.22. The predicted octanol–water partition coefficient (Wildman–Crippen LogP) is 4.68. The van der Waals surface area contributed by atoms with Crippen molar-refractivity contribution in [3.63, 3.8) is 0 Å². The van der Waals surface area contributed by atoms with Crippen LogP contribution in [-0.2, 0) is 6.54 Å². The number of likely N-dealkylation sites (tertiary alicyclic amines) is 1. The number of benzene rings is 1. The average molecular weight is 362 g/mol. The van der Waals surface area contributed by atoms with E-state index in [1.807, 2.05) is 35.9 Å². The molecule has 0 bridgehead atoms. The largest absolute Gasteiger partial charge is 0.461 e. The molecule has 0 N–H and O–H groups in total. The number of aromatic nitrogens is 3.